The quantitative estimate of drug-likeness (QED) is 0.845. The van der Waals surface area contributed by atoms with Gasteiger partial charge in [0, 0.05) is 12.1 Å². The van der Waals surface area contributed by atoms with Gasteiger partial charge in [0.1, 0.15) is 0 Å². The number of nitrogens with zero attached hydrogens (tertiary/aromatic N) is 1. The van der Waals surface area contributed by atoms with Gasteiger partial charge in [-0.2, -0.15) is 0 Å². The molecule has 0 aromatic heterocycles. The summed E-state index contributed by atoms with van der Waals surface area (Å²) in [5, 5.41) is 2.81. The molecule has 0 aliphatic heterocycles. The van der Waals surface area contributed by atoms with Crippen molar-refractivity contribution in [3.63, 3.8) is 0 Å². The summed E-state index contributed by atoms with van der Waals surface area (Å²) in [5.41, 5.74) is 5.33. The third-order valence-corrected chi connectivity index (χ3v) is 5.79. The molecule has 0 heterocycles. The molecule has 0 bridgehead atoms. The van der Waals surface area contributed by atoms with E-state index in [0.29, 0.717) is 11.3 Å². The highest BCUT2D eigenvalue weighted by atomic mass is 32.2. The summed E-state index contributed by atoms with van der Waals surface area (Å²) in [4.78, 5) is 12.3. The van der Waals surface area contributed by atoms with Gasteiger partial charge in [-0.1, -0.05) is 18.2 Å². The van der Waals surface area contributed by atoms with E-state index in [1.54, 1.807) is 12.1 Å². The van der Waals surface area contributed by atoms with Crippen molar-refractivity contribution in [2.45, 2.75) is 27.7 Å². The molecule has 6 heteroatoms. The molecule has 0 aliphatic rings. The lowest BCUT2D eigenvalue weighted by Gasteiger charge is -2.25. The predicted octanol–water partition coefficient (Wildman–Crippen LogP) is 3.12. The van der Waals surface area contributed by atoms with E-state index in [2.05, 4.69) is 5.32 Å². The fraction of sp³-hybridized carbons (Fsp3) is 0.350. The van der Waals surface area contributed by atoms with Crippen LogP contribution in [0.1, 0.15) is 32.6 Å². The third kappa shape index (κ3) is 4.64. The number of nitrogens with one attached hydrogen (secondary N) is 1. The van der Waals surface area contributed by atoms with Gasteiger partial charge >= 0.3 is 0 Å². The molecule has 0 radical (unpaired) electrons. The molecule has 0 spiro atoms. The molecule has 0 aliphatic carbocycles. The SMILES string of the molecule is Cc1ccc(C(=O)NCCN(c2cccc(C)c2C)S(C)(=O)=O)cc1C. The fourth-order valence-corrected chi connectivity index (χ4v) is 3.70. The monoisotopic (exact) mass is 374 g/mol. The Balaban J connectivity index is 2.12. The molecular formula is C20H26N2O3S. The smallest absolute Gasteiger partial charge is 0.251 e. The van der Waals surface area contributed by atoms with Crippen molar-refractivity contribution >= 4 is 21.6 Å². The largest absolute Gasteiger partial charge is 0.350 e. The van der Waals surface area contributed by atoms with Gasteiger partial charge in [0.2, 0.25) is 10.0 Å². The van der Waals surface area contributed by atoms with E-state index in [1.807, 2.05) is 52.0 Å². The maximum Gasteiger partial charge on any atom is 0.251 e. The number of hydrogen-bond donors (Lipinski definition) is 1. The normalized spacial score (nSPS) is 11.3. The first-order valence-corrected chi connectivity index (χ1v) is 10.4. The first kappa shape index (κ1) is 20.0. The zero-order valence-electron chi connectivity index (χ0n) is 16.0. The summed E-state index contributed by atoms with van der Waals surface area (Å²) >= 11 is 0. The summed E-state index contributed by atoms with van der Waals surface area (Å²) in [6.45, 7) is 8.20. The fourth-order valence-electron chi connectivity index (χ4n) is 2.73. The highest BCUT2D eigenvalue weighted by Gasteiger charge is 2.20. The van der Waals surface area contributed by atoms with Gasteiger partial charge < -0.3 is 5.32 Å². The van der Waals surface area contributed by atoms with Crippen molar-refractivity contribution in [1.82, 2.24) is 5.32 Å². The number of carbonyl (C=O) groups excluding carboxylic acids is 1. The summed E-state index contributed by atoms with van der Waals surface area (Å²) in [6, 6.07) is 11.1. The number of aryl methyl sites for hydroxylation is 3. The lowest BCUT2D eigenvalue weighted by Crippen LogP contribution is -2.38. The van der Waals surface area contributed by atoms with Crippen LogP contribution in [0.4, 0.5) is 5.69 Å². The first-order valence-electron chi connectivity index (χ1n) is 8.50. The minimum atomic E-state index is -3.45. The van der Waals surface area contributed by atoms with E-state index >= 15 is 0 Å². The van der Waals surface area contributed by atoms with Crippen LogP contribution in [0.25, 0.3) is 0 Å². The van der Waals surface area contributed by atoms with E-state index in [0.717, 1.165) is 22.3 Å². The van der Waals surface area contributed by atoms with Crippen molar-refractivity contribution in [2.24, 2.45) is 0 Å². The number of carbonyl (C=O) groups is 1. The number of amides is 1. The Hall–Kier alpha value is -2.34. The third-order valence-electron chi connectivity index (χ3n) is 4.61. The second-order valence-electron chi connectivity index (χ2n) is 6.61. The number of sulfonamides is 1. The molecule has 140 valence electrons. The van der Waals surface area contributed by atoms with E-state index in [4.69, 9.17) is 0 Å². The zero-order valence-corrected chi connectivity index (χ0v) is 16.8. The average molecular weight is 375 g/mol. The van der Waals surface area contributed by atoms with Gasteiger partial charge in [-0.25, -0.2) is 8.42 Å². The summed E-state index contributed by atoms with van der Waals surface area (Å²) in [6.07, 6.45) is 1.18. The van der Waals surface area contributed by atoms with Gasteiger partial charge in [-0.3, -0.25) is 9.10 Å². The number of rotatable bonds is 6. The second kappa shape index (κ2) is 7.91. The van der Waals surface area contributed by atoms with Gasteiger partial charge in [0.25, 0.3) is 5.91 Å². The minimum Gasteiger partial charge on any atom is -0.350 e. The van der Waals surface area contributed by atoms with Crippen molar-refractivity contribution < 1.29 is 13.2 Å². The molecule has 1 amide bonds. The van der Waals surface area contributed by atoms with Crippen LogP contribution >= 0.6 is 0 Å². The van der Waals surface area contributed by atoms with Gasteiger partial charge in [-0.15, -0.1) is 0 Å². The standard InChI is InChI=1S/C20H26N2O3S/c1-14-9-10-18(13-16(14)3)20(23)21-11-12-22(26(5,24)25)19-8-6-7-15(2)17(19)4/h6-10,13H,11-12H2,1-5H3,(H,21,23). The Morgan fingerprint density at radius 3 is 2.31 bits per heavy atom. The molecule has 0 unspecified atom stereocenters. The van der Waals surface area contributed by atoms with Crippen molar-refractivity contribution in [3.8, 4) is 0 Å². The molecular weight excluding hydrogens is 348 g/mol. The van der Waals surface area contributed by atoms with E-state index in [1.165, 1.54) is 10.6 Å². The molecule has 26 heavy (non-hydrogen) atoms. The highest BCUT2D eigenvalue weighted by Crippen LogP contribution is 2.24. The topological polar surface area (TPSA) is 66.5 Å². The molecule has 2 aromatic rings. The Morgan fingerprint density at radius 1 is 1.00 bits per heavy atom. The maximum atomic E-state index is 12.3. The summed E-state index contributed by atoms with van der Waals surface area (Å²) < 4.78 is 25.8. The molecule has 0 atom stereocenters. The molecule has 0 saturated carbocycles. The number of hydrogen-bond acceptors (Lipinski definition) is 3. The molecule has 2 aromatic carbocycles. The Kier molecular flexibility index (Phi) is 6.08. The summed E-state index contributed by atoms with van der Waals surface area (Å²) in [5.74, 6) is -0.206. The van der Waals surface area contributed by atoms with Crippen LogP contribution in [0.2, 0.25) is 0 Å². The van der Waals surface area contributed by atoms with Crippen molar-refractivity contribution in [2.75, 3.05) is 23.7 Å². The second-order valence-corrected chi connectivity index (χ2v) is 8.52. The lowest BCUT2D eigenvalue weighted by atomic mass is 10.1. The maximum absolute atomic E-state index is 12.3. The van der Waals surface area contributed by atoms with Crippen molar-refractivity contribution in [3.05, 3.63) is 64.2 Å². The molecule has 0 saturated heterocycles. The van der Waals surface area contributed by atoms with Crippen LogP contribution in [-0.2, 0) is 10.0 Å². The van der Waals surface area contributed by atoms with Crippen LogP contribution in [0.15, 0.2) is 36.4 Å². The van der Waals surface area contributed by atoms with E-state index in [9.17, 15) is 13.2 Å². The Bertz CT molecular complexity index is 921. The minimum absolute atomic E-state index is 0.180. The zero-order chi connectivity index (χ0) is 19.5. The van der Waals surface area contributed by atoms with E-state index in [-0.39, 0.29) is 19.0 Å². The van der Waals surface area contributed by atoms with Gasteiger partial charge in [0.15, 0.2) is 0 Å². The lowest BCUT2D eigenvalue weighted by molar-refractivity contribution is 0.0954. The Morgan fingerprint density at radius 2 is 1.69 bits per heavy atom. The van der Waals surface area contributed by atoms with Gasteiger partial charge in [0.05, 0.1) is 18.5 Å². The number of benzene rings is 2. The highest BCUT2D eigenvalue weighted by molar-refractivity contribution is 7.92. The van der Waals surface area contributed by atoms with Crippen LogP contribution in [0, 0.1) is 27.7 Å². The van der Waals surface area contributed by atoms with Crippen molar-refractivity contribution in [1.29, 1.82) is 0 Å². The van der Waals surface area contributed by atoms with Crippen LogP contribution in [0.5, 0.6) is 0 Å². The first-order chi connectivity index (χ1) is 12.1. The number of anilines is 1. The Labute approximate surface area is 156 Å². The predicted molar refractivity (Wildman–Crippen MR) is 106 cm³/mol. The average Bonchev–Trinajstić information content (AvgIpc) is 2.56. The van der Waals surface area contributed by atoms with Crippen LogP contribution in [-0.4, -0.2) is 33.7 Å². The summed E-state index contributed by atoms with van der Waals surface area (Å²) in [7, 11) is -3.45. The molecule has 1 N–H and O–H groups in total. The van der Waals surface area contributed by atoms with E-state index < -0.39 is 10.0 Å². The molecule has 5 nitrogen and oxygen atoms in total. The molecule has 2 rings (SSSR count). The molecule has 0 fully saturated rings. The van der Waals surface area contributed by atoms with Gasteiger partial charge in [-0.05, 0) is 68.1 Å². The van der Waals surface area contributed by atoms with Crippen LogP contribution < -0.4 is 9.62 Å². The van der Waals surface area contributed by atoms with Crippen LogP contribution in [0.3, 0.4) is 0 Å².